The monoisotopic (exact) mass is 435 g/mol. The van der Waals surface area contributed by atoms with Crippen LogP contribution in [0.3, 0.4) is 0 Å². The van der Waals surface area contributed by atoms with E-state index in [2.05, 4.69) is 29.9 Å². The highest BCUT2D eigenvalue weighted by molar-refractivity contribution is 7.92. The molecule has 0 aliphatic rings. The number of nitrogen functional groups attached to an aromatic ring is 1. The Morgan fingerprint density at radius 3 is 2.39 bits per heavy atom. The van der Waals surface area contributed by atoms with Crippen molar-refractivity contribution in [2.75, 3.05) is 17.6 Å². The van der Waals surface area contributed by atoms with E-state index in [0.29, 0.717) is 33.7 Å². The molecule has 4 aromatic rings. The van der Waals surface area contributed by atoms with Crippen LogP contribution in [0.1, 0.15) is 0 Å². The Balaban J connectivity index is 1.62. The van der Waals surface area contributed by atoms with E-state index in [-0.39, 0.29) is 10.8 Å². The molecule has 3 N–H and O–H groups in total. The number of rotatable bonds is 6. The fourth-order valence-corrected chi connectivity index (χ4v) is 3.78. The zero-order chi connectivity index (χ0) is 21.8. The van der Waals surface area contributed by atoms with E-state index in [4.69, 9.17) is 10.5 Å². The molecule has 0 amide bonds. The fraction of sp³-hybridized carbons (Fsp3) is 0.0500. The first-order valence-electron chi connectivity index (χ1n) is 9.01. The minimum atomic E-state index is -3.83. The van der Waals surface area contributed by atoms with Crippen LogP contribution in [0.15, 0.2) is 82.2 Å². The van der Waals surface area contributed by atoms with Crippen LogP contribution in [0.5, 0.6) is 5.75 Å². The number of nitrogens with zero attached hydrogens (tertiary/aromatic N) is 5. The Morgan fingerprint density at radius 1 is 0.968 bits per heavy atom. The Labute approximate surface area is 177 Å². The van der Waals surface area contributed by atoms with E-state index in [1.807, 2.05) is 6.07 Å². The van der Waals surface area contributed by atoms with Crippen molar-refractivity contribution in [3.8, 4) is 5.75 Å². The van der Waals surface area contributed by atoms with Crippen LogP contribution in [0, 0.1) is 0 Å². The second kappa shape index (κ2) is 8.32. The number of hydrogen-bond acceptors (Lipinski definition) is 9. The second-order valence-electron chi connectivity index (χ2n) is 6.29. The topological polar surface area (TPSA) is 145 Å². The number of pyridine rings is 1. The summed E-state index contributed by atoms with van der Waals surface area (Å²) < 4.78 is 32.6. The Bertz CT molecular complexity index is 1360. The van der Waals surface area contributed by atoms with Crippen molar-refractivity contribution in [3.63, 3.8) is 0 Å². The van der Waals surface area contributed by atoms with Gasteiger partial charge in [-0.05, 0) is 42.5 Å². The van der Waals surface area contributed by atoms with Gasteiger partial charge in [0, 0.05) is 30.0 Å². The summed E-state index contributed by atoms with van der Waals surface area (Å²) in [5.41, 5.74) is 8.02. The predicted molar refractivity (Wildman–Crippen MR) is 116 cm³/mol. The molecule has 0 radical (unpaired) electrons. The van der Waals surface area contributed by atoms with Gasteiger partial charge in [-0.1, -0.05) is 0 Å². The molecular weight excluding hydrogens is 418 g/mol. The maximum Gasteiger partial charge on any atom is 0.264 e. The number of nitrogens with one attached hydrogen (secondary N) is 1. The minimum Gasteiger partial charge on any atom is -0.494 e. The van der Waals surface area contributed by atoms with Crippen LogP contribution >= 0.6 is 0 Å². The number of aromatic nitrogens is 3. The highest BCUT2D eigenvalue weighted by Crippen LogP contribution is 2.39. The Hall–Kier alpha value is -4.12. The molecule has 0 saturated heterocycles. The second-order valence-corrected chi connectivity index (χ2v) is 7.97. The summed E-state index contributed by atoms with van der Waals surface area (Å²) in [4.78, 5) is 12.0. The van der Waals surface area contributed by atoms with Gasteiger partial charge in [0.1, 0.15) is 11.4 Å². The highest BCUT2D eigenvalue weighted by atomic mass is 32.2. The van der Waals surface area contributed by atoms with Gasteiger partial charge >= 0.3 is 0 Å². The van der Waals surface area contributed by atoms with Gasteiger partial charge in [-0.2, -0.15) is 5.11 Å². The van der Waals surface area contributed by atoms with Crippen LogP contribution in [0.25, 0.3) is 10.9 Å². The molecule has 4 rings (SSSR count). The largest absolute Gasteiger partial charge is 0.494 e. The van der Waals surface area contributed by atoms with Crippen molar-refractivity contribution in [2.45, 2.75) is 4.90 Å². The van der Waals surface area contributed by atoms with Gasteiger partial charge in [-0.15, -0.1) is 5.11 Å². The van der Waals surface area contributed by atoms with Crippen LogP contribution in [-0.2, 0) is 10.0 Å². The molecule has 0 unspecified atom stereocenters. The first-order chi connectivity index (χ1) is 15.0. The van der Waals surface area contributed by atoms with Crippen molar-refractivity contribution < 1.29 is 13.2 Å². The van der Waals surface area contributed by atoms with E-state index in [9.17, 15) is 8.42 Å². The first kappa shape index (κ1) is 20.2. The maximum atomic E-state index is 12.5. The molecule has 0 spiro atoms. The third-order valence-corrected chi connectivity index (χ3v) is 5.62. The van der Waals surface area contributed by atoms with E-state index < -0.39 is 10.0 Å². The van der Waals surface area contributed by atoms with E-state index in [1.54, 1.807) is 24.4 Å². The molecule has 11 heteroatoms. The van der Waals surface area contributed by atoms with Crippen LogP contribution in [0.4, 0.5) is 23.0 Å². The highest BCUT2D eigenvalue weighted by Gasteiger charge is 2.16. The molecule has 10 nitrogen and oxygen atoms in total. The molecule has 31 heavy (non-hydrogen) atoms. The molecule has 156 valence electrons. The van der Waals surface area contributed by atoms with Crippen LogP contribution in [-0.4, -0.2) is 30.5 Å². The third-order valence-electron chi connectivity index (χ3n) is 4.28. The molecular formula is C20H17N7O3S. The lowest BCUT2D eigenvalue weighted by Gasteiger charge is -2.09. The number of nitrogens with two attached hydrogens (primary N) is 1. The number of methoxy groups -OCH3 is 1. The number of anilines is 2. The van der Waals surface area contributed by atoms with Crippen LogP contribution in [0.2, 0.25) is 0 Å². The summed E-state index contributed by atoms with van der Waals surface area (Å²) in [5.74, 6) is 0.440. The smallest absolute Gasteiger partial charge is 0.264 e. The van der Waals surface area contributed by atoms with Gasteiger partial charge in [-0.25, -0.2) is 23.1 Å². The first-order valence-corrected chi connectivity index (χ1v) is 10.5. The van der Waals surface area contributed by atoms with E-state index >= 15 is 0 Å². The van der Waals surface area contributed by atoms with Gasteiger partial charge < -0.3 is 10.5 Å². The fourth-order valence-electron chi connectivity index (χ4n) is 2.83. The average Bonchev–Trinajstić information content (AvgIpc) is 2.79. The summed E-state index contributed by atoms with van der Waals surface area (Å²) in [6, 6.07) is 12.7. The summed E-state index contributed by atoms with van der Waals surface area (Å²) in [6.45, 7) is 0. The van der Waals surface area contributed by atoms with Crippen molar-refractivity contribution in [1.82, 2.24) is 15.0 Å². The number of hydrogen-bond donors (Lipinski definition) is 2. The number of sulfonamides is 1. The third kappa shape index (κ3) is 4.26. The van der Waals surface area contributed by atoms with Crippen molar-refractivity contribution in [1.29, 1.82) is 0 Å². The van der Waals surface area contributed by atoms with Gasteiger partial charge in [-0.3, -0.25) is 4.98 Å². The van der Waals surface area contributed by atoms with E-state index in [1.165, 1.54) is 43.8 Å². The van der Waals surface area contributed by atoms with Crippen molar-refractivity contribution >= 4 is 43.9 Å². The van der Waals surface area contributed by atoms with E-state index in [0.717, 1.165) is 0 Å². The lowest BCUT2D eigenvalue weighted by atomic mass is 10.1. The Morgan fingerprint density at radius 2 is 1.68 bits per heavy atom. The molecule has 2 aromatic heterocycles. The van der Waals surface area contributed by atoms with Gasteiger partial charge in [0.25, 0.3) is 10.0 Å². The summed E-state index contributed by atoms with van der Waals surface area (Å²) >= 11 is 0. The van der Waals surface area contributed by atoms with Crippen LogP contribution < -0.4 is 15.2 Å². The quantitative estimate of drug-likeness (QED) is 0.346. The minimum absolute atomic E-state index is 0.0119. The SMILES string of the molecule is COc1cc(N)c2ncccc2c1N=Nc1ccc(S(=O)(=O)Nc2ncccn2)cc1. The van der Waals surface area contributed by atoms with Gasteiger partial charge in [0.15, 0.2) is 0 Å². The van der Waals surface area contributed by atoms with Crippen molar-refractivity contribution in [3.05, 3.63) is 67.1 Å². The summed E-state index contributed by atoms with van der Waals surface area (Å²) in [6.07, 6.45) is 4.53. The summed E-state index contributed by atoms with van der Waals surface area (Å²) in [5, 5.41) is 9.19. The summed E-state index contributed by atoms with van der Waals surface area (Å²) in [7, 11) is -2.32. The number of fused-ring (bicyclic) bond motifs is 1. The lowest BCUT2D eigenvalue weighted by molar-refractivity contribution is 0.416. The number of ether oxygens (including phenoxy) is 1. The van der Waals surface area contributed by atoms with Gasteiger partial charge in [0.2, 0.25) is 5.95 Å². The molecule has 2 aromatic carbocycles. The molecule has 0 bridgehead atoms. The zero-order valence-electron chi connectivity index (χ0n) is 16.3. The lowest BCUT2D eigenvalue weighted by Crippen LogP contribution is -2.14. The van der Waals surface area contributed by atoms with Gasteiger partial charge in [0.05, 0.1) is 28.9 Å². The standard InChI is InChI=1S/C20H17N7O3S/c1-30-17-12-16(21)18-15(4-2-9-22-18)19(17)26-25-13-5-7-14(8-6-13)31(28,29)27-20-23-10-3-11-24-20/h2-12H,21H2,1H3,(H,23,24,27). The molecule has 2 heterocycles. The maximum absolute atomic E-state index is 12.5. The predicted octanol–water partition coefficient (Wildman–Crippen LogP) is 3.83. The normalized spacial score (nSPS) is 11.6. The molecule has 0 aliphatic carbocycles. The average molecular weight is 435 g/mol. The molecule has 0 atom stereocenters. The van der Waals surface area contributed by atoms with Crippen molar-refractivity contribution in [2.24, 2.45) is 10.2 Å². The number of benzene rings is 2. The molecule has 0 fully saturated rings. The Kier molecular flexibility index (Phi) is 5.41. The molecule has 0 aliphatic heterocycles. The number of azo groups is 1. The zero-order valence-corrected chi connectivity index (χ0v) is 17.1. The molecule has 0 saturated carbocycles.